The van der Waals surface area contributed by atoms with E-state index in [2.05, 4.69) is 15.6 Å². The smallest absolute Gasteiger partial charge is 0.340 e. The number of para-hydroxylation sites is 2. The number of ether oxygens (including phenoxy) is 1. The van der Waals surface area contributed by atoms with E-state index in [0.29, 0.717) is 29.2 Å². The zero-order chi connectivity index (χ0) is 19.9. The third-order valence-corrected chi connectivity index (χ3v) is 4.10. The summed E-state index contributed by atoms with van der Waals surface area (Å²) in [5.41, 5.74) is 3.15. The summed E-state index contributed by atoms with van der Waals surface area (Å²) in [5, 5.41) is 5.99. The van der Waals surface area contributed by atoms with Gasteiger partial charge in [0, 0.05) is 17.4 Å². The largest absolute Gasteiger partial charge is 0.462 e. The lowest BCUT2D eigenvalue weighted by molar-refractivity contribution is 0.0527. The van der Waals surface area contributed by atoms with Crippen molar-refractivity contribution in [1.82, 2.24) is 4.98 Å². The lowest BCUT2D eigenvalue weighted by Crippen LogP contribution is -2.13. The van der Waals surface area contributed by atoms with E-state index in [0.717, 1.165) is 11.3 Å². The Kier molecular flexibility index (Phi) is 6.01. The number of esters is 1. The van der Waals surface area contributed by atoms with Gasteiger partial charge in [-0.05, 0) is 49.7 Å². The Morgan fingerprint density at radius 3 is 2.46 bits per heavy atom. The van der Waals surface area contributed by atoms with Gasteiger partial charge in [0.2, 0.25) is 0 Å². The van der Waals surface area contributed by atoms with Crippen LogP contribution in [0.1, 0.15) is 33.2 Å². The molecule has 142 valence electrons. The van der Waals surface area contributed by atoms with Crippen molar-refractivity contribution in [3.63, 3.8) is 0 Å². The Bertz CT molecular complexity index is 1000. The van der Waals surface area contributed by atoms with Gasteiger partial charge in [0.15, 0.2) is 0 Å². The summed E-state index contributed by atoms with van der Waals surface area (Å²) in [6, 6.07) is 17.8. The maximum atomic E-state index is 12.6. The molecule has 0 bridgehead atoms. The van der Waals surface area contributed by atoms with Gasteiger partial charge in [0.25, 0.3) is 5.91 Å². The minimum atomic E-state index is -0.418. The number of pyridine rings is 1. The second-order valence-corrected chi connectivity index (χ2v) is 6.09. The molecule has 0 radical (unpaired) electrons. The van der Waals surface area contributed by atoms with Crippen molar-refractivity contribution >= 4 is 29.1 Å². The number of nitrogens with one attached hydrogen (secondary N) is 2. The van der Waals surface area contributed by atoms with Crippen LogP contribution < -0.4 is 10.6 Å². The van der Waals surface area contributed by atoms with Gasteiger partial charge in [-0.1, -0.05) is 30.3 Å². The molecule has 1 aromatic heterocycles. The van der Waals surface area contributed by atoms with Gasteiger partial charge in [-0.15, -0.1) is 0 Å². The van der Waals surface area contributed by atoms with Crippen LogP contribution in [0.25, 0.3) is 0 Å². The molecule has 0 unspecified atom stereocenters. The van der Waals surface area contributed by atoms with Crippen LogP contribution in [0, 0.1) is 6.92 Å². The van der Waals surface area contributed by atoms with Crippen molar-refractivity contribution in [2.75, 3.05) is 17.2 Å². The number of hydrogen-bond acceptors (Lipinski definition) is 5. The fourth-order valence-electron chi connectivity index (χ4n) is 2.66. The van der Waals surface area contributed by atoms with Crippen LogP contribution in [0.4, 0.5) is 17.2 Å². The molecule has 0 spiro atoms. The number of rotatable bonds is 6. The van der Waals surface area contributed by atoms with Crippen LogP contribution in [0.5, 0.6) is 0 Å². The number of aryl methyl sites for hydroxylation is 1. The number of benzene rings is 2. The third-order valence-electron chi connectivity index (χ3n) is 4.10. The highest BCUT2D eigenvalue weighted by Crippen LogP contribution is 2.22. The first kappa shape index (κ1) is 19.1. The molecular weight excluding hydrogens is 354 g/mol. The van der Waals surface area contributed by atoms with Crippen LogP contribution in [0.15, 0.2) is 66.9 Å². The standard InChI is InChI=1S/C22H21N3O3/c1-3-28-22(27)17-9-5-7-11-19(17)24-20-14-16(12-13-23-20)21(26)25-18-10-6-4-8-15(18)2/h4-14H,3H2,1-2H3,(H,23,24)(H,25,26). The maximum Gasteiger partial charge on any atom is 0.340 e. The predicted molar refractivity (Wildman–Crippen MR) is 109 cm³/mol. The van der Waals surface area contributed by atoms with Crippen LogP contribution in [-0.2, 0) is 4.74 Å². The lowest BCUT2D eigenvalue weighted by Gasteiger charge is -2.12. The quantitative estimate of drug-likeness (QED) is 0.617. The Morgan fingerprint density at radius 1 is 1.00 bits per heavy atom. The number of anilines is 3. The molecule has 0 atom stereocenters. The first-order chi connectivity index (χ1) is 13.6. The molecule has 2 N–H and O–H groups in total. The highest BCUT2D eigenvalue weighted by Gasteiger charge is 2.13. The summed E-state index contributed by atoms with van der Waals surface area (Å²) < 4.78 is 5.08. The number of amides is 1. The van der Waals surface area contributed by atoms with E-state index in [1.54, 1.807) is 49.5 Å². The Hall–Kier alpha value is -3.67. The van der Waals surface area contributed by atoms with E-state index in [4.69, 9.17) is 4.74 Å². The van der Waals surface area contributed by atoms with Crippen LogP contribution in [0.2, 0.25) is 0 Å². The Labute approximate surface area is 163 Å². The van der Waals surface area contributed by atoms with Gasteiger partial charge < -0.3 is 15.4 Å². The molecule has 2 aromatic carbocycles. The summed E-state index contributed by atoms with van der Waals surface area (Å²) in [6.07, 6.45) is 1.54. The second kappa shape index (κ2) is 8.81. The van der Waals surface area contributed by atoms with Gasteiger partial charge >= 0.3 is 5.97 Å². The summed E-state index contributed by atoms with van der Waals surface area (Å²) in [5.74, 6) is -0.202. The molecule has 1 heterocycles. The zero-order valence-electron chi connectivity index (χ0n) is 15.7. The highest BCUT2D eigenvalue weighted by atomic mass is 16.5. The van der Waals surface area contributed by atoms with Crippen molar-refractivity contribution in [2.24, 2.45) is 0 Å². The van der Waals surface area contributed by atoms with Crippen molar-refractivity contribution in [3.8, 4) is 0 Å². The average Bonchev–Trinajstić information content (AvgIpc) is 2.70. The van der Waals surface area contributed by atoms with Gasteiger partial charge in [-0.3, -0.25) is 4.79 Å². The van der Waals surface area contributed by atoms with E-state index in [9.17, 15) is 9.59 Å². The number of hydrogen-bond donors (Lipinski definition) is 2. The number of carbonyl (C=O) groups is 2. The fourth-order valence-corrected chi connectivity index (χ4v) is 2.66. The predicted octanol–water partition coefficient (Wildman–Crippen LogP) is 4.56. The van der Waals surface area contributed by atoms with Gasteiger partial charge in [-0.2, -0.15) is 0 Å². The first-order valence-corrected chi connectivity index (χ1v) is 8.94. The molecule has 3 aromatic rings. The average molecular weight is 375 g/mol. The SMILES string of the molecule is CCOC(=O)c1ccccc1Nc1cc(C(=O)Nc2ccccc2C)ccn1. The van der Waals surface area contributed by atoms with Crippen LogP contribution in [-0.4, -0.2) is 23.5 Å². The molecule has 0 saturated carbocycles. The molecule has 1 amide bonds. The molecule has 3 rings (SSSR count). The Morgan fingerprint density at radius 2 is 1.71 bits per heavy atom. The zero-order valence-corrected chi connectivity index (χ0v) is 15.7. The van der Waals surface area contributed by atoms with Gasteiger partial charge in [0.1, 0.15) is 5.82 Å². The summed E-state index contributed by atoms with van der Waals surface area (Å²) in [4.78, 5) is 29.0. The molecule has 0 aliphatic heterocycles. The van der Waals surface area contributed by atoms with E-state index in [1.165, 1.54) is 0 Å². The minimum absolute atomic E-state index is 0.238. The molecule has 28 heavy (non-hydrogen) atoms. The monoisotopic (exact) mass is 375 g/mol. The van der Waals surface area contributed by atoms with Crippen LogP contribution >= 0.6 is 0 Å². The molecular formula is C22H21N3O3. The number of carbonyl (C=O) groups excluding carboxylic acids is 2. The third kappa shape index (κ3) is 4.54. The van der Waals surface area contributed by atoms with Crippen molar-refractivity contribution in [2.45, 2.75) is 13.8 Å². The van der Waals surface area contributed by atoms with E-state index in [-0.39, 0.29) is 5.91 Å². The molecule has 0 saturated heterocycles. The highest BCUT2D eigenvalue weighted by molar-refractivity contribution is 6.05. The topological polar surface area (TPSA) is 80.3 Å². The molecule has 6 heteroatoms. The second-order valence-electron chi connectivity index (χ2n) is 6.09. The van der Waals surface area contributed by atoms with Crippen LogP contribution in [0.3, 0.4) is 0 Å². The van der Waals surface area contributed by atoms with E-state index >= 15 is 0 Å². The van der Waals surface area contributed by atoms with E-state index < -0.39 is 5.97 Å². The Balaban J connectivity index is 1.80. The van der Waals surface area contributed by atoms with Crippen molar-refractivity contribution in [1.29, 1.82) is 0 Å². The van der Waals surface area contributed by atoms with E-state index in [1.807, 2.05) is 31.2 Å². The minimum Gasteiger partial charge on any atom is -0.462 e. The molecule has 0 aliphatic rings. The lowest BCUT2D eigenvalue weighted by atomic mass is 10.1. The molecule has 0 fully saturated rings. The summed E-state index contributed by atoms with van der Waals surface area (Å²) in [6.45, 7) is 3.98. The van der Waals surface area contributed by atoms with Crippen molar-refractivity contribution in [3.05, 3.63) is 83.6 Å². The number of nitrogens with zero attached hydrogens (tertiary/aromatic N) is 1. The normalized spacial score (nSPS) is 10.2. The summed E-state index contributed by atoms with van der Waals surface area (Å²) in [7, 11) is 0. The molecule has 0 aliphatic carbocycles. The van der Waals surface area contributed by atoms with Crippen molar-refractivity contribution < 1.29 is 14.3 Å². The van der Waals surface area contributed by atoms with Gasteiger partial charge in [-0.25, -0.2) is 9.78 Å². The maximum absolute atomic E-state index is 12.6. The van der Waals surface area contributed by atoms with Gasteiger partial charge in [0.05, 0.1) is 17.9 Å². The first-order valence-electron chi connectivity index (χ1n) is 8.94. The summed E-state index contributed by atoms with van der Waals surface area (Å²) >= 11 is 0. The number of aromatic nitrogens is 1. The molecule has 6 nitrogen and oxygen atoms in total. The fraction of sp³-hybridized carbons (Fsp3) is 0.136.